The highest BCUT2D eigenvalue weighted by Gasteiger charge is 2.64. The van der Waals surface area contributed by atoms with Gasteiger partial charge in [-0.3, -0.25) is 9.69 Å². The molecule has 0 radical (unpaired) electrons. The first kappa shape index (κ1) is 17.9. The molecular formula is C19H27N3O3S. The maximum atomic E-state index is 12.9. The Kier molecular flexibility index (Phi) is 4.36. The summed E-state index contributed by atoms with van der Waals surface area (Å²) in [7, 11) is -3.24. The van der Waals surface area contributed by atoms with Gasteiger partial charge in [-0.25, -0.2) is 8.42 Å². The second kappa shape index (κ2) is 6.32. The third-order valence-electron chi connectivity index (χ3n) is 6.56. The summed E-state index contributed by atoms with van der Waals surface area (Å²) in [5.74, 6) is 0.275. The molecule has 4 rings (SSSR count). The van der Waals surface area contributed by atoms with Crippen molar-refractivity contribution in [3.05, 3.63) is 35.9 Å². The van der Waals surface area contributed by atoms with Gasteiger partial charge < -0.3 is 11.1 Å². The molecule has 3 N–H and O–H groups in total. The second-order valence-electron chi connectivity index (χ2n) is 8.20. The number of hydrogen-bond acceptors (Lipinski definition) is 5. The summed E-state index contributed by atoms with van der Waals surface area (Å²) in [6, 6.07) is 10.8. The molecule has 3 aliphatic rings. The van der Waals surface area contributed by atoms with E-state index < -0.39 is 20.5 Å². The number of rotatable bonds is 6. The number of piperidine rings is 1. The fraction of sp³-hybridized carbons (Fsp3) is 0.632. The van der Waals surface area contributed by atoms with E-state index in [0.29, 0.717) is 18.4 Å². The first-order valence-electron chi connectivity index (χ1n) is 9.33. The van der Waals surface area contributed by atoms with Gasteiger partial charge in [-0.05, 0) is 30.7 Å². The standard InChI is InChI=1S/C19H27N3O3S/c1-26(24,25)16-9-19(16,12-20)18(23)21-17-14-7-8-15(17)22(11-14)10-13-5-3-2-4-6-13/h2-6,14-17H,7-12,20H2,1H3,(H,21,23)/t14-,15-,16?,17-,19?/m1/s1. The molecule has 1 aromatic rings. The van der Waals surface area contributed by atoms with E-state index in [1.807, 2.05) is 18.2 Å². The summed E-state index contributed by atoms with van der Waals surface area (Å²) in [5.41, 5.74) is 6.17. The summed E-state index contributed by atoms with van der Waals surface area (Å²) in [6.45, 7) is 1.96. The minimum atomic E-state index is -3.24. The van der Waals surface area contributed by atoms with Crippen LogP contribution in [0.2, 0.25) is 0 Å². The molecule has 0 spiro atoms. The van der Waals surface area contributed by atoms with Crippen molar-refractivity contribution in [3.8, 4) is 0 Å². The Hall–Kier alpha value is -1.44. The fourth-order valence-corrected chi connectivity index (χ4v) is 6.62. The minimum absolute atomic E-state index is 0.0896. The summed E-state index contributed by atoms with van der Waals surface area (Å²) < 4.78 is 23.7. The van der Waals surface area contributed by atoms with Gasteiger partial charge in [0.1, 0.15) is 0 Å². The van der Waals surface area contributed by atoms with Gasteiger partial charge in [0, 0.05) is 38.0 Å². The van der Waals surface area contributed by atoms with Crippen LogP contribution in [0, 0.1) is 11.3 Å². The molecule has 6 nitrogen and oxygen atoms in total. The predicted molar refractivity (Wildman–Crippen MR) is 100 cm³/mol. The molecule has 7 heteroatoms. The van der Waals surface area contributed by atoms with E-state index >= 15 is 0 Å². The monoisotopic (exact) mass is 377 g/mol. The zero-order chi connectivity index (χ0) is 18.5. The first-order chi connectivity index (χ1) is 12.3. The normalized spacial score (nSPS) is 36.2. The quantitative estimate of drug-likeness (QED) is 0.754. The number of fused-ring (bicyclic) bond motifs is 2. The number of carbonyl (C=O) groups is 1. The average molecular weight is 378 g/mol. The molecule has 1 aromatic carbocycles. The highest BCUT2D eigenvalue weighted by Crippen LogP contribution is 2.50. The van der Waals surface area contributed by atoms with Crippen molar-refractivity contribution in [1.82, 2.24) is 10.2 Å². The van der Waals surface area contributed by atoms with Crippen LogP contribution >= 0.6 is 0 Å². The van der Waals surface area contributed by atoms with Crippen molar-refractivity contribution < 1.29 is 13.2 Å². The van der Waals surface area contributed by atoms with Crippen LogP contribution < -0.4 is 11.1 Å². The van der Waals surface area contributed by atoms with Crippen LogP contribution in [0.15, 0.2) is 30.3 Å². The largest absolute Gasteiger partial charge is 0.351 e. The van der Waals surface area contributed by atoms with Gasteiger partial charge in [0.15, 0.2) is 9.84 Å². The Morgan fingerprint density at radius 1 is 1.31 bits per heavy atom. The SMILES string of the molecule is CS(=O)(=O)C1CC1(CN)C(=O)N[C@@H]1[C@@H]2CC[C@H]1N(Cc1ccccc1)C2. The third kappa shape index (κ3) is 2.96. The molecule has 1 saturated heterocycles. The van der Waals surface area contributed by atoms with Crippen molar-refractivity contribution in [2.75, 3.05) is 19.3 Å². The van der Waals surface area contributed by atoms with Crippen LogP contribution in [0.5, 0.6) is 0 Å². The highest BCUT2D eigenvalue weighted by molar-refractivity contribution is 7.91. The van der Waals surface area contributed by atoms with E-state index in [-0.39, 0.29) is 18.5 Å². The van der Waals surface area contributed by atoms with Crippen LogP contribution in [0.1, 0.15) is 24.8 Å². The molecule has 1 amide bonds. The summed E-state index contributed by atoms with van der Waals surface area (Å²) in [6.07, 6.45) is 3.74. The van der Waals surface area contributed by atoms with E-state index in [2.05, 4.69) is 22.3 Å². The highest BCUT2D eigenvalue weighted by atomic mass is 32.2. The molecule has 2 aliphatic carbocycles. The van der Waals surface area contributed by atoms with Gasteiger partial charge in [0.2, 0.25) is 5.91 Å². The molecule has 142 valence electrons. The minimum Gasteiger partial charge on any atom is -0.351 e. The Balaban J connectivity index is 1.44. The van der Waals surface area contributed by atoms with Gasteiger partial charge in [0.25, 0.3) is 0 Å². The van der Waals surface area contributed by atoms with Crippen LogP contribution in [0.25, 0.3) is 0 Å². The number of nitrogens with two attached hydrogens (primary N) is 1. The number of nitrogens with one attached hydrogen (secondary N) is 1. The molecule has 5 atom stereocenters. The molecule has 2 unspecified atom stereocenters. The van der Waals surface area contributed by atoms with E-state index in [1.54, 1.807) is 0 Å². The van der Waals surface area contributed by atoms with Crippen molar-refractivity contribution in [3.63, 3.8) is 0 Å². The van der Waals surface area contributed by atoms with E-state index in [9.17, 15) is 13.2 Å². The number of nitrogens with zero attached hydrogens (tertiary/aromatic N) is 1. The summed E-state index contributed by atoms with van der Waals surface area (Å²) in [4.78, 5) is 15.3. The lowest BCUT2D eigenvalue weighted by Gasteiger charge is -2.28. The molecule has 1 heterocycles. The summed E-state index contributed by atoms with van der Waals surface area (Å²) >= 11 is 0. The lowest BCUT2D eigenvalue weighted by atomic mass is 10.0. The van der Waals surface area contributed by atoms with Gasteiger partial charge in [0.05, 0.1) is 10.7 Å². The number of hydrogen-bond donors (Lipinski definition) is 2. The number of benzene rings is 1. The smallest absolute Gasteiger partial charge is 0.229 e. The fourth-order valence-electron chi connectivity index (χ4n) is 5.00. The van der Waals surface area contributed by atoms with Crippen LogP contribution in [0.4, 0.5) is 0 Å². The predicted octanol–water partition coefficient (Wildman–Crippen LogP) is 0.528. The lowest BCUT2D eigenvalue weighted by Crippen LogP contribution is -2.49. The summed E-state index contributed by atoms with van der Waals surface area (Å²) in [5, 5.41) is 2.56. The molecule has 2 saturated carbocycles. The van der Waals surface area contributed by atoms with Gasteiger partial charge in [-0.1, -0.05) is 30.3 Å². The number of likely N-dealkylation sites (tertiary alicyclic amines) is 1. The van der Waals surface area contributed by atoms with E-state index in [1.165, 1.54) is 11.8 Å². The zero-order valence-corrected chi connectivity index (χ0v) is 15.9. The topological polar surface area (TPSA) is 92.5 Å². The maximum Gasteiger partial charge on any atom is 0.229 e. The Bertz CT molecular complexity index is 798. The van der Waals surface area contributed by atoms with Gasteiger partial charge >= 0.3 is 0 Å². The number of carbonyl (C=O) groups excluding carboxylic acids is 1. The number of sulfone groups is 1. The molecular weight excluding hydrogens is 350 g/mol. The van der Waals surface area contributed by atoms with E-state index in [4.69, 9.17) is 5.73 Å². The maximum absolute atomic E-state index is 12.9. The van der Waals surface area contributed by atoms with Gasteiger partial charge in [-0.2, -0.15) is 0 Å². The van der Waals surface area contributed by atoms with Crippen molar-refractivity contribution in [2.45, 2.75) is 43.1 Å². The van der Waals surface area contributed by atoms with Gasteiger partial charge in [-0.15, -0.1) is 0 Å². The Morgan fingerprint density at radius 3 is 2.65 bits per heavy atom. The molecule has 26 heavy (non-hydrogen) atoms. The van der Waals surface area contributed by atoms with Crippen LogP contribution in [-0.4, -0.2) is 55.9 Å². The Morgan fingerprint density at radius 2 is 2.04 bits per heavy atom. The molecule has 2 bridgehead atoms. The zero-order valence-electron chi connectivity index (χ0n) is 15.1. The second-order valence-corrected chi connectivity index (χ2v) is 10.4. The molecule has 0 aromatic heterocycles. The average Bonchev–Trinajstić information content (AvgIpc) is 3.19. The van der Waals surface area contributed by atoms with Crippen molar-refractivity contribution in [2.24, 2.45) is 17.1 Å². The first-order valence-corrected chi connectivity index (χ1v) is 11.3. The molecule has 1 aliphatic heterocycles. The van der Waals surface area contributed by atoms with Crippen molar-refractivity contribution >= 4 is 15.7 Å². The van der Waals surface area contributed by atoms with Crippen molar-refractivity contribution in [1.29, 1.82) is 0 Å². The van der Waals surface area contributed by atoms with Crippen LogP contribution in [0.3, 0.4) is 0 Å². The molecule has 3 fully saturated rings. The third-order valence-corrected chi connectivity index (χ3v) is 8.21. The Labute approximate surface area is 155 Å². The van der Waals surface area contributed by atoms with Crippen LogP contribution in [-0.2, 0) is 21.2 Å². The lowest BCUT2D eigenvalue weighted by molar-refractivity contribution is -0.126. The van der Waals surface area contributed by atoms with E-state index in [0.717, 1.165) is 25.9 Å². The number of amides is 1.